The lowest BCUT2D eigenvalue weighted by molar-refractivity contribution is -0.139. The fraction of sp³-hybridized carbons (Fsp3) is 0.882. The summed E-state index contributed by atoms with van der Waals surface area (Å²) >= 11 is 0. The molecule has 0 spiro atoms. The zero-order chi connectivity index (χ0) is 17.0. The lowest BCUT2D eigenvalue weighted by Crippen LogP contribution is -2.55. The Kier molecular flexibility index (Phi) is 6.41. The highest BCUT2D eigenvalue weighted by atomic mass is 16.5. The Hall–Kier alpha value is -1.14. The van der Waals surface area contributed by atoms with Crippen molar-refractivity contribution in [1.29, 1.82) is 0 Å². The van der Waals surface area contributed by atoms with Crippen LogP contribution in [0.25, 0.3) is 0 Å². The maximum absolute atomic E-state index is 12.6. The van der Waals surface area contributed by atoms with Crippen LogP contribution in [0.2, 0.25) is 0 Å². The first-order valence-corrected chi connectivity index (χ1v) is 8.82. The fourth-order valence-corrected chi connectivity index (χ4v) is 3.63. The molecule has 2 amide bonds. The van der Waals surface area contributed by atoms with Crippen molar-refractivity contribution in [3.8, 4) is 0 Å². The molecule has 0 bridgehead atoms. The Morgan fingerprint density at radius 2 is 2.09 bits per heavy atom. The number of rotatable bonds is 6. The van der Waals surface area contributed by atoms with Crippen LogP contribution in [-0.4, -0.2) is 72.6 Å². The predicted molar refractivity (Wildman–Crippen MR) is 89.0 cm³/mol. The summed E-state index contributed by atoms with van der Waals surface area (Å²) in [6.45, 7) is 12.0. The van der Waals surface area contributed by atoms with Gasteiger partial charge in [0.05, 0.1) is 13.2 Å². The van der Waals surface area contributed by atoms with Crippen LogP contribution in [0.3, 0.4) is 0 Å². The maximum Gasteiger partial charge on any atom is 0.243 e. The van der Waals surface area contributed by atoms with Crippen molar-refractivity contribution in [3.63, 3.8) is 0 Å². The molecule has 2 rings (SSSR count). The topological polar surface area (TPSA) is 61.9 Å². The molecule has 6 heteroatoms. The van der Waals surface area contributed by atoms with Crippen LogP contribution >= 0.6 is 0 Å². The fourth-order valence-electron chi connectivity index (χ4n) is 3.63. The van der Waals surface area contributed by atoms with Gasteiger partial charge in [0.1, 0.15) is 6.04 Å². The first kappa shape index (κ1) is 18.2. The van der Waals surface area contributed by atoms with E-state index in [1.54, 1.807) is 4.90 Å². The highest BCUT2D eigenvalue weighted by molar-refractivity contribution is 5.88. The predicted octanol–water partition coefficient (Wildman–Crippen LogP) is 0.859. The van der Waals surface area contributed by atoms with Gasteiger partial charge >= 0.3 is 0 Å². The second-order valence-corrected chi connectivity index (χ2v) is 7.14. The molecule has 0 saturated carbocycles. The third kappa shape index (κ3) is 4.44. The number of amides is 2. The SMILES string of the molecule is CC(C)[C@H](C(=O)NC[C@@H](C)N1CCOC[C@H]1C)N1CCCC1=O. The summed E-state index contributed by atoms with van der Waals surface area (Å²) in [7, 11) is 0. The summed E-state index contributed by atoms with van der Waals surface area (Å²) in [5.41, 5.74) is 0. The highest BCUT2D eigenvalue weighted by Gasteiger charge is 2.35. The number of carbonyl (C=O) groups excluding carboxylic acids is 2. The second-order valence-electron chi connectivity index (χ2n) is 7.14. The van der Waals surface area contributed by atoms with Crippen molar-refractivity contribution < 1.29 is 14.3 Å². The number of carbonyl (C=O) groups is 2. The Bertz CT molecular complexity index is 427. The summed E-state index contributed by atoms with van der Waals surface area (Å²) in [4.78, 5) is 28.7. The van der Waals surface area contributed by atoms with Gasteiger partial charge in [0.25, 0.3) is 0 Å². The lowest BCUT2D eigenvalue weighted by Gasteiger charge is -2.38. The van der Waals surface area contributed by atoms with E-state index < -0.39 is 0 Å². The monoisotopic (exact) mass is 325 g/mol. The standard InChI is InChI=1S/C17H31N3O3/c1-12(2)16(20-7-5-6-15(20)21)17(22)18-10-13(3)19-8-9-23-11-14(19)4/h12-14,16H,5-11H2,1-4H3,(H,18,22)/t13-,14-,16-/m1/s1. The Morgan fingerprint density at radius 1 is 1.35 bits per heavy atom. The molecule has 2 aliphatic rings. The first-order valence-electron chi connectivity index (χ1n) is 8.82. The molecule has 2 fully saturated rings. The molecule has 0 aromatic heterocycles. The molecule has 0 unspecified atom stereocenters. The summed E-state index contributed by atoms with van der Waals surface area (Å²) in [5, 5.41) is 3.06. The van der Waals surface area contributed by atoms with Gasteiger partial charge in [-0.3, -0.25) is 14.5 Å². The van der Waals surface area contributed by atoms with E-state index in [1.165, 1.54) is 0 Å². The molecule has 3 atom stereocenters. The van der Waals surface area contributed by atoms with E-state index in [-0.39, 0.29) is 29.8 Å². The van der Waals surface area contributed by atoms with E-state index in [1.807, 2.05) is 13.8 Å². The van der Waals surface area contributed by atoms with Crippen molar-refractivity contribution in [3.05, 3.63) is 0 Å². The minimum atomic E-state index is -0.348. The van der Waals surface area contributed by atoms with Crippen molar-refractivity contribution >= 4 is 11.8 Å². The number of likely N-dealkylation sites (tertiary alicyclic amines) is 1. The van der Waals surface area contributed by atoms with Crippen molar-refractivity contribution in [1.82, 2.24) is 15.1 Å². The van der Waals surface area contributed by atoms with Gasteiger partial charge in [-0.1, -0.05) is 13.8 Å². The third-order valence-corrected chi connectivity index (χ3v) is 4.90. The highest BCUT2D eigenvalue weighted by Crippen LogP contribution is 2.19. The molecule has 23 heavy (non-hydrogen) atoms. The smallest absolute Gasteiger partial charge is 0.243 e. The maximum atomic E-state index is 12.6. The normalized spacial score (nSPS) is 25.7. The number of hydrogen-bond donors (Lipinski definition) is 1. The molecule has 0 aromatic rings. The average Bonchev–Trinajstić information content (AvgIpc) is 2.91. The van der Waals surface area contributed by atoms with E-state index in [4.69, 9.17) is 4.74 Å². The van der Waals surface area contributed by atoms with Gasteiger partial charge in [0, 0.05) is 38.1 Å². The van der Waals surface area contributed by atoms with Crippen molar-refractivity contribution in [2.24, 2.45) is 5.92 Å². The zero-order valence-corrected chi connectivity index (χ0v) is 14.9. The second kappa shape index (κ2) is 8.11. The largest absolute Gasteiger partial charge is 0.379 e. The number of hydrogen-bond acceptors (Lipinski definition) is 4. The Balaban J connectivity index is 1.89. The van der Waals surface area contributed by atoms with Gasteiger partial charge in [-0.15, -0.1) is 0 Å². The van der Waals surface area contributed by atoms with E-state index in [2.05, 4.69) is 24.1 Å². The van der Waals surface area contributed by atoms with Crippen LogP contribution in [-0.2, 0) is 14.3 Å². The molecular weight excluding hydrogens is 294 g/mol. The molecule has 1 N–H and O–H groups in total. The summed E-state index contributed by atoms with van der Waals surface area (Å²) < 4.78 is 5.46. The average molecular weight is 325 g/mol. The molecule has 0 radical (unpaired) electrons. The summed E-state index contributed by atoms with van der Waals surface area (Å²) in [6, 6.07) is 0.288. The number of morpholine rings is 1. The number of nitrogens with zero attached hydrogens (tertiary/aromatic N) is 2. The minimum absolute atomic E-state index is 0.0250. The van der Waals surface area contributed by atoms with Gasteiger partial charge in [0.2, 0.25) is 11.8 Å². The Morgan fingerprint density at radius 3 is 2.65 bits per heavy atom. The van der Waals surface area contributed by atoms with Crippen LogP contribution in [0, 0.1) is 5.92 Å². The zero-order valence-electron chi connectivity index (χ0n) is 14.9. The van der Waals surface area contributed by atoms with Crippen LogP contribution in [0.5, 0.6) is 0 Å². The number of ether oxygens (including phenoxy) is 1. The molecule has 6 nitrogen and oxygen atoms in total. The van der Waals surface area contributed by atoms with Gasteiger partial charge in [0.15, 0.2) is 0 Å². The van der Waals surface area contributed by atoms with Crippen molar-refractivity contribution in [2.45, 2.75) is 58.7 Å². The molecule has 132 valence electrons. The first-order chi connectivity index (χ1) is 10.9. The molecule has 2 aliphatic heterocycles. The molecule has 0 aromatic carbocycles. The lowest BCUT2D eigenvalue weighted by atomic mass is 10.0. The van der Waals surface area contributed by atoms with Gasteiger partial charge in [-0.05, 0) is 26.2 Å². The Labute approximate surface area is 139 Å². The van der Waals surface area contributed by atoms with Crippen molar-refractivity contribution in [2.75, 3.05) is 32.8 Å². The van der Waals surface area contributed by atoms with Crippen LogP contribution in [0.15, 0.2) is 0 Å². The van der Waals surface area contributed by atoms with Gasteiger partial charge < -0.3 is 15.0 Å². The van der Waals surface area contributed by atoms with E-state index >= 15 is 0 Å². The molecular formula is C17H31N3O3. The third-order valence-electron chi connectivity index (χ3n) is 4.90. The van der Waals surface area contributed by atoms with E-state index in [0.717, 1.165) is 26.2 Å². The van der Waals surface area contributed by atoms with E-state index in [0.29, 0.717) is 25.6 Å². The minimum Gasteiger partial charge on any atom is -0.379 e. The van der Waals surface area contributed by atoms with Crippen LogP contribution in [0.4, 0.5) is 0 Å². The van der Waals surface area contributed by atoms with Crippen LogP contribution in [0.1, 0.15) is 40.5 Å². The van der Waals surface area contributed by atoms with Crippen LogP contribution < -0.4 is 5.32 Å². The van der Waals surface area contributed by atoms with Gasteiger partial charge in [-0.25, -0.2) is 0 Å². The molecule has 2 saturated heterocycles. The summed E-state index contributed by atoms with van der Waals surface area (Å²) in [5.74, 6) is 0.200. The number of nitrogens with one attached hydrogen (secondary N) is 1. The quantitative estimate of drug-likeness (QED) is 0.787. The summed E-state index contributed by atoms with van der Waals surface area (Å²) in [6.07, 6.45) is 1.43. The van der Waals surface area contributed by atoms with E-state index in [9.17, 15) is 9.59 Å². The molecule has 0 aliphatic carbocycles. The van der Waals surface area contributed by atoms with Gasteiger partial charge in [-0.2, -0.15) is 0 Å². The molecule has 2 heterocycles.